The number of anilines is 1. The second-order valence-electron chi connectivity index (χ2n) is 5.14. The van der Waals surface area contributed by atoms with Crippen LogP contribution in [0.1, 0.15) is 10.4 Å². The molecule has 7 heteroatoms. The van der Waals surface area contributed by atoms with Crippen molar-refractivity contribution in [2.24, 2.45) is 0 Å². The molecule has 5 nitrogen and oxygen atoms in total. The Morgan fingerprint density at radius 1 is 1.26 bits per heavy atom. The Labute approximate surface area is 137 Å². The Kier molecular flexibility index (Phi) is 5.46. The molecule has 0 aliphatic carbocycles. The molecule has 0 radical (unpaired) electrons. The number of nitrogens with one attached hydrogen (secondary N) is 1. The van der Waals surface area contributed by atoms with Crippen molar-refractivity contribution in [2.45, 2.75) is 0 Å². The van der Waals surface area contributed by atoms with Gasteiger partial charge in [-0.3, -0.25) is 4.79 Å². The highest BCUT2D eigenvalue weighted by molar-refractivity contribution is 7.15. The Bertz CT molecular complexity index is 711. The van der Waals surface area contributed by atoms with Gasteiger partial charge in [0, 0.05) is 10.9 Å². The van der Waals surface area contributed by atoms with Crippen LogP contribution in [0.15, 0.2) is 29.6 Å². The third-order valence-electron chi connectivity index (χ3n) is 3.05. The molecule has 1 aromatic carbocycles. The second kappa shape index (κ2) is 7.34. The van der Waals surface area contributed by atoms with Crippen molar-refractivity contribution in [3.8, 4) is 11.1 Å². The van der Waals surface area contributed by atoms with Crippen LogP contribution in [0.3, 0.4) is 0 Å². The quantitative estimate of drug-likeness (QED) is 0.853. The van der Waals surface area contributed by atoms with Crippen LogP contribution in [0.4, 0.5) is 9.39 Å². The van der Waals surface area contributed by atoms with Crippen molar-refractivity contribution >= 4 is 28.2 Å². The minimum absolute atomic E-state index is 0.199. The van der Waals surface area contributed by atoms with Gasteiger partial charge in [-0.25, -0.2) is 9.18 Å². The fourth-order valence-corrected chi connectivity index (χ4v) is 3.02. The maximum Gasteiger partial charge on any atom is 0.341 e. The maximum absolute atomic E-state index is 13.1. The van der Waals surface area contributed by atoms with Crippen molar-refractivity contribution in [1.82, 2.24) is 4.90 Å². The Morgan fingerprint density at radius 2 is 1.91 bits per heavy atom. The molecule has 2 aromatic rings. The standard InChI is InChI=1S/C16H17FN2O3S/c1-19(2)8-13(20)18-15-14(16(21)22-3)12(9-23-15)10-4-6-11(17)7-5-10/h4-7,9H,8H2,1-3H3,(H,18,20). The normalized spacial score (nSPS) is 10.7. The van der Waals surface area contributed by atoms with Crippen molar-refractivity contribution < 1.29 is 18.7 Å². The van der Waals surface area contributed by atoms with Gasteiger partial charge < -0.3 is 15.0 Å². The lowest BCUT2D eigenvalue weighted by molar-refractivity contribution is -0.116. The van der Waals surface area contributed by atoms with E-state index in [9.17, 15) is 14.0 Å². The zero-order chi connectivity index (χ0) is 17.0. The third kappa shape index (κ3) is 4.14. The number of hydrogen-bond donors (Lipinski definition) is 1. The van der Waals surface area contributed by atoms with Crippen molar-refractivity contribution in [1.29, 1.82) is 0 Å². The first-order valence-corrected chi connectivity index (χ1v) is 7.70. The molecule has 1 aromatic heterocycles. The Balaban J connectivity index is 2.39. The molecule has 2 rings (SSSR count). The number of carbonyl (C=O) groups is 2. The van der Waals surface area contributed by atoms with E-state index in [0.717, 1.165) is 0 Å². The van der Waals surface area contributed by atoms with E-state index in [1.54, 1.807) is 36.5 Å². The summed E-state index contributed by atoms with van der Waals surface area (Å²) in [5.41, 5.74) is 1.55. The lowest BCUT2D eigenvalue weighted by atomic mass is 10.0. The van der Waals surface area contributed by atoms with Crippen molar-refractivity contribution in [2.75, 3.05) is 33.1 Å². The zero-order valence-corrected chi connectivity index (χ0v) is 13.9. The summed E-state index contributed by atoms with van der Waals surface area (Å²) in [5, 5.41) is 4.88. The minimum atomic E-state index is -0.550. The SMILES string of the molecule is COC(=O)c1c(-c2ccc(F)cc2)csc1NC(=O)CN(C)C. The molecule has 122 valence electrons. The van der Waals surface area contributed by atoms with Gasteiger partial charge in [-0.15, -0.1) is 11.3 Å². The fourth-order valence-electron chi connectivity index (χ4n) is 2.05. The molecule has 0 aliphatic rings. The molecule has 0 atom stereocenters. The molecule has 0 saturated heterocycles. The van der Waals surface area contributed by atoms with Gasteiger partial charge in [-0.05, 0) is 31.8 Å². The molecule has 1 heterocycles. The molecule has 0 bridgehead atoms. The number of esters is 1. The predicted molar refractivity (Wildman–Crippen MR) is 88.2 cm³/mol. The summed E-state index contributed by atoms with van der Waals surface area (Å²) >= 11 is 1.23. The van der Waals surface area contributed by atoms with E-state index in [-0.39, 0.29) is 23.8 Å². The number of nitrogens with zero attached hydrogens (tertiary/aromatic N) is 1. The van der Waals surface area contributed by atoms with Gasteiger partial charge in [0.1, 0.15) is 16.4 Å². The van der Waals surface area contributed by atoms with Gasteiger partial charge in [-0.2, -0.15) is 0 Å². The number of hydrogen-bond acceptors (Lipinski definition) is 5. The average molecular weight is 336 g/mol. The molecule has 1 amide bonds. The third-order valence-corrected chi connectivity index (χ3v) is 3.94. The van der Waals surface area contributed by atoms with Crippen LogP contribution in [0.25, 0.3) is 11.1 Å². The first-order chi connectivity index (χ1) is 10.9. The molecule has 1 N–H and O–H groups in total. The monoisotopic (exact) mass is 336 g/mol. The van der Waals surface area contributed by atoms with E-state index in [1.807, 2.05) is 0 Å². The number of thiophene rings is 1. The first-order valence-electron chi connectivity index (χ1n) is 6.82. The fraction of sp³-hybridized carbons (Fsp3) is 0.250. The highest BCUT2D eigenvalue weighted by Gasteiger charge is 2.22. The smallest absolute Gasteiger partial charge is 0.341 e. The highest BCUT2D eigenvalue weighted by Crippen LogP contribution is 2.36. The second-order valence-corrected chi connectivity index (χ2v) is 6.02. The first kappa shape index (κ1) is 17.1. The molecular weight excluding hydrogens is 319 g/mol. The molecule has 0 fully saturated rings. The number of amides is 1. The molecule has 0 aliphatic heterocycles. The summed E-state index contributed by atoms with van der Waals surface area (Å²) in [4.78, 5) is 25.8. The summed E-state index contributed by atoms with van der Waals surface area (Å²) in [7, 11) is 4.83. The predicted octanol–water partition coefficient (Wildman–Crippen LogP) is 2.84. The summed E-state index contributed by atoms with van der Waals surface area (Å²) in [5.74, 6) is -1.14. The number of likely N-dealkylation sites (N-methyl/N-ethyl adjacent to an activating group) is 1. The Morgan fingerprint density at radius 3 is 2.48 bits per heavy atom. The lowest BCUT2D eigenvalue weighted by Crippen LogP contribution is -2.27. The lowest BCUT2D eigenvalue weighted by Gasteiger charge is -2.10. The van der Waals surface area contributed by atoms with E-state index in [1.165, 1.54) is 30.6 Å². The molecule has 23 heavy (non-hydrogen) atoms. The minimum Gasteiger partial charge on any atom is -0.465 e. The van der Waals surface area contributed by atoms with Gasteiger partial charge in [0.05, 0.1) is 13.7 Å². The average Bonchev–Trinajstić information content (AvgIpc) is 2.89. The largest absolute Gasteiger partial charge is 0.465 e. The molecular formula is C16H17FN2O3S. The van der Waals surface area contributed by atoms with Crippen LogP contribution < -0.4 is 5.32 Å². The number of carbonyl (C=O) groups excluding carboxylic acids is 2. The van der Waals surface area contributed by atoms with E-state index in [4.69, 9.17) is 4.74 Å². The summed E-state index contributed by atoms with van der Waals surface area (Å²) in [6, 6.07) is 5.79. The van der Waals surface area contributed by atoms with Crippen LogP contribution >= 0.6 is 11.3 Å². The number of ether oxygens (including phenoxy) is 1. The van der Waals surface area contributed by atoms with E-state index in [0.29, 0.717) is 16.1 Å². The maximum atomic E-state index is 13.1. The van der Waals surface area contributed by atoms with Crippen molar-refractivity contribution in [3.63, 3.8) is 0 Å². The molecule has 0 saturated carbocycles. The molecule has 0 spiro atoms. The summed E-state index contributed by atoms with van der Waals surface area (Å²) in [6.07, 6.45) is 0. The number of benzene rings is 1. The number of rotatable bonds is 5. The zero-order valence-electron chi connectivity index (χ0n) is 13.1. The van der Waals surface area contributed by atoms with Gasteiger partial charge in [0.15, 0.2) is 0 Å². The van der Waals surface area contributed by atoms with Crippen molar-refractivity contribution in [3.05, 3.63) is 41.0 Å². The highest BCUT2D eigenvalue weighted by atomic mass is 32.1. The van der Waals surface area contributed by atoms with E-state index >= 15 is 0 Å². The number of methoxy groups -OCH3 is 1. The van der Waals surface area contributed by atoms with E-state index in [2.05, 4.69) is 5.32 Å². The van der Waals surface area contributed by atoms with Gasteiger partial charge >= 0.3 is 5.97 Å². The van der Waals surface area contributed by atoms with Crippen LogP contribution in [0.2, 0.25) is 0 Å². The summed E-state index contributed by atoms with van der Waals surface area (Å²) < 4.78 is 17.9. The van der Waals surface area contributed by atoms with Crippen LogP contribution in [0, 0.1) is 5.82 Å². The summed E-state index contributed by atoms with van der Waals surface area (Å²) in [6.45, 7) is 0.199. The topological polar surface area (TPSA) is 58.6 Å². The van der Waals surface area contributed by atoms with Crippen LogP contribution in [-0.4, -0.2) is 44.5 Å². The van der Waals surface area contributed by atoms with Gasteiger partial charge in [-0.1, -0.05) is 12.1 Å². The van der Waals surface area contributed by atoms with E-state index < -0.39 is 5.97 Å². The Hall–Kier alpha value is -2.25. The van der Waals surface area contributed by atoms with Crippen LogP contribution in [0.5, 0.6) is 0 Å². The van der Waals surface area contributed by atoms with Gasteiger partial charge in [0.25, 0.3) is 0 Å². The number of halogens is 1. The molecule has 0 unspecified atom stereocenters. The van der Waals surface area contributed by atoms with Crippen LogP contribution in [-0.2, 0) is 9.53 Å². The van der Waals surface area contributed by atoms with Gasteiger partial charge in [0.2, 0.25) is 5.91 Å².